The first-order valence-corrected chi connectivity index (χ1v) is 4.41. The van der Waals surface area contributed by atoms with Gasteiger partial charge in [-0.15, -0.1) is 0 Å². The first-order valence-electron chi connectivity index (χ1n) is 4.41. The molecule has 1 amide bonds. The lowest BCUT2D eigenvalue weighted by Crippen LogP contribution is -2.58. The molecule has 0 aliphatic carbocycles. The lowest BCUT2D eigenvalue weighted by Gasteiger charge is -2.38. The Hall–Kier alpha value is -1.31. The molecule has 1 saturated heterocycles. The number of alkyl halides is 3. The molecule has 1 aliphatic rings. The van der Waals surface area contributed by atoms with Crippen LogP contribution in [0.15, 0.2) is 0 Å². The van der Waals surface area contributed by atoms with Crippen LogP contribution in [0.5, 0.6) is 0 Å². The minimum Gasteiger partial charge on any atom is -0.475 e. The van der Waals surface area contributed by atoms with E-state index in [1.54, 1.807) is 6.92 Å². The summed E-state index contributed by atoms with van der Waals surface area (Å²) in [6, 6.07) is 0.536. The van der Waals surface area contributed by atoms with Crippen LogP contribution in [0.3, 0.4) is 0 Å². The summed E-state index contributed by atoms with van der Waals surface area (Å²) >= 11 is 0. The summed E-state index contributed by atoms with van der Waals surface area (Å²) in [6.07, 6.45) is -5.08. The second-order valence-electron chi connectivity index (χ2n) is 3.21. The number of hydrogen-bond acceptors (Lipinski definition) is 3. The summed E-state index contributed by atoms with van der Waals surface area (Å²) < 4.78 is 31.7. The van der Waals surface area contributed by atoms with Gasteiger partial charge in [-0.25, -0.2) is 4.79 Å². The van der Waals surface area contributed by atoms with E-state index in [1.165, 1.54) is 0 Å². The number of nitrogens with zero attached hydrogens (tertiary/aromatic N) is 1. The highest BCUT2D eigenvalue weighted by molar-refractivity contribution is 5.74. The van der Waals surface area contributed by atoms with Crippen molar-refractivity contribution in [1.82, 2.24) is 10.2 Å². The number of likely N-dealkylation sites (N-methyl/N-ethyl adjacent to an activating group) is 1. The Balaban J connectivity index is 0.000000293. The maximum atomic E-state index is 10.6. The van der Waals surface area contributed by atoms with Crippen molar-refractivity contribution in [3.05, 3.63) is 0 Å². The minimum absolute atomic E-state index is 0.182. The standard InChI is InChI=1S/C6H12N2O.C2HF3O2/c1-5(9)8-3-6(4-8)7-2;3-2(4,5)1(6)7/h6-7H,3-4H2,1-2H3;(H,6,7). The van der Waals surface area contributed by atoms with E-state index in [4.69, 9.17) is 9.90 Å². The number of carboxylic acids is 1. The van der Waals surface area contributed by atoms with Crippen molar-refractivity contribution >= 4 is 11.9 Å². The molecule has 5 nitrogen and oxygen atoms in total. The molecular weight excluding hydrogens is 229 g/mol. The van der Waals surface area contributed by atoms with Crippen molar-refractivity contribution in [1.29, 1.82) is 0 Å². The van der Waals surface area contributed by atoms with Gasteiger partial charge in [0.2, 0.25) is 5.91 Å². The maximum absolute atomic E-state index is 10.6. The monoisotopic (exact) mass is 242 g/mol. The number of nitrogens with one attached hydrogen (secondary N) is 1. The Bertz CT molecular complexity index is 262. The van der Waals surface area contributed by atoms with E-state index in [0.29, 0.717) is 6.04 Å². The van der Waals surface area contributed by atoms with E-state index in [0.717, 1.165) is 13.1 Å². The number of carbonyl (C=O) groups is 2. The summed E-state index contributed by atoms with van der Waals surface area (Å²) in [7, 11) is 1.92. The van der Waals surface area contributed by atoms with Gasteiger partial charge >= 0.3 is 12.1 Å². The molecule has 1 fully saturated rings. The molecule has 16 heavy (non-hydrogen) atoms. The second-order valence-corrected chi connectivity index (χ2v) is 3.21. The lowest BCUT2D eigenvalue weighted by molar-refractivity contribution is -0.192. The van der Waals surface area contributed by atoms with Crippen molar-refractivity contribution in [2.75, 3.05) is 20.1 Å². The number of likely N-dealkylation sites (tertiary alicyclic amines) is 1. The molecule has 8 heteroatoms. The number of rotatable bonds is 1. The molecule has 0 radical (unpaired) electrons. The van der Waals surface area contributed by atoms with Crippen LogP contribution >= 0.6 is 0 Å². The van der Waals surface area contributed by atoms with Crippen LogP contribution in [0.4, 0.5) is 13.2 Å². The van der Waals surface area contributed by atoms with Gasteiger partial charge < -0.3 is 15.3 Å². The van der Waals surface area contributed by atoms with Crippen molar-refractivity contribution < 1.29 is 27.9 Å². The highest BCUT2D eigenvalue weighted by Gasteiger charge is 2.38. The van der Waals surface area contributed by atoms with Crippen LogP contribution in [-0.4, -0.2) is 54.2 Å². The molecule has 0 spiro atoms. The van der Waals surface area contributed by atoms with E-state index < -0.39 is 12.1 Å². The smallest absolute Gasteiger partial charge is 0.475 e. The summed E-state index contributed by atoms with van der Waals surface area (Å²) in [4.78, 5) is 21.3. The number of hydrogen-bond donors (Lipinski definition) is 2. The molecule has 94 valence electrons. The fraction of sp³-hybridized carbons (Fsp3) is 0.750. The van der Waals surface area contributed by atoms with Gasteiger partial charge in [0.1, 0.15) is 0 Å². The summed E-state index contributed by atoms with van der Waals surface area (Å²) in [5.74, 6) is -2.57. The van der Waals surface area contributed by atoms with E-state index in [2.05, 4.69) is 5.32 Å². The fourth-order valence-electron chi connectivity index (χ4n) is 0.918. The van der Waals surface area contributed by atoms with E-state index in [1.807, 2.05) is 11.9 Å². The molecule has 0 aromatic heterocycles. The van der Waals surface area contributed by atoms with Gasteiger partial charge in [0, 0.05) is 26.1 Å². The Morgan fingerprint density at radius 2 is 1.75 bits per heavy atom. The second kappa shape index (κ2) is 5.69. The summed E-state index contributed by atoms with van der Waals surface area (Å²) in [6.45, 7) is 3.36. The van der Waals surface area contributed by atoms with Crippen LogP contribution in [0.2, 0.25) is 0 Å². The molecule has 1 rings (SSSR count). The largest absolute Gasteiger partial charge is 0.490 e. The zero-order chi connectivity index (χ0) is 12.9. The minimum atomic E-state index is -5.08. The van der Waals surface area contributed by atoms with Gasteiger partial charge in [-0.3, -0.25) is 4.79 Å². The molecule has 0 aromatic rings. The lowest BCUT2D eigenvalue weighted by atomic mass is 10.1. The zero-order valence-corrected chi connectivity index (χ0v) is 8.84. The third-order valence-electron chi connectivity index (χ3n) is 1.98. The predicted octanol–water partition coefficient (Wildman–Crippen LogP) is 0.0698. The molecular formula is C8H13F3N2O3. The van der Waals surface area contributed by atoms with Crippen LogP contribution in [0.25, 0.3) is 0 Å². The number of aliphatic carboxylic acids is 1. The van der Waals surface area contributed by atoms with Crippen molar-refractivity contribution in [3.8, 4) is 0 Å². The normalized spacial score (nSPS) is 15.9. The van der Waals surface area contributed by atoms with Crippen molar-refractivity contribution in [3.63, 3.8) is 0 Å². The predicted molar refractivity (Wildman–Crippen MR) is 48.8 cm³/mol. The summed E-state index contributed by atoms with van der Waals surface area (Å²) in [5, 5.41) is 10.2. The van der Waals surface area contributed by atoms with Crippen LogP contribution in [0.1, 0.15) is 6.92 Å². The van der Waals surface area contributed by atoms with E-state index in [9.17, 15) is 18.0 Å². The van der Waals surface area contributed by atoms with Gasteiger partial charge in [0.15, 0.2) is 0 Å². The number of carboxylic acid groups (broad SMARTS) is 1. The Morgan fingerprint density at radius 1 is 1.38 bits per heavy atom. The molecule has 0 bridgehead atoms. The third-order valence-corrected chi connectivity index (χ3v) is 1.98. The maximum Gasteiger partial charge on any atom is 0.490 e. The van der Waals surface area contributed by atoms with Crippen LogP contribution in [-0.2, 0) is 9.59 Å². The van der Waals surface area contributed by atoms with Crippen LogP contribution < -0.4 is 5.32 Å². The average Bonchev–Trinajstić information content (AvgIpc) is 2.00. The first kappa shape index (κ1) is 14.7. The third kappa shape index (κ3) is 4.96. The zero-order valence-electron chi connectivity index (χ0n) is 8.84. The van der Waals surface area contributed by atoms with Gasteiger partial charge in [0.25, 0.3) is 0 Å². The molecule has 1 heterocycles. The van der Waals surface area contributed by atoms with Crippen molar-refractivity contribution in [2.24, 2.45) is 0 Å². The van der Waals surface area contributed by atoms with Gasteiger partial charge in [-0.2, -0.15) is 13.2 Å². The average molecular weight is 242 g/mol. The van der Waals surface area contributed by atoms with Gasteiger partial charge in [-0.1, -0.05) is 0 Å². The highest BCUT2D eigenvalue weighted by atomic mass is 19.4. The van der Waals surface area contributed by atoms with Gasteiger partial charge in [-0.05, 0) is 7.05 Å². The van der Waals surface area contributed by atoms with Crippen LogP contribution in [0, 0.1) is 0 Å². The van der Waals surface area contributed by atoms with Gasteiger partial charge in [0.05, 0.1) is 0 Å². The fourth-order valence-corrected chi connectivity index (χ4v) is 0.918. The Kier molecular flexibility index (Phi) is 5.22. The molecule has 0 saturated carbocycles. The topological polar surface area (TPSA) is 69.6 Å². The number of halogens is 3. The first-order chi connectivity index (χ1) is 7.18. The molecule has 0 unspecified atom stereocenters. The molecule has 0 aromatic carbocycles. The highest BCUT2D eigenvalue weighted by Crippen LogP contribution is 2.13. The number of carbonyl (C=O) groups excluding carboxylic acids is 1. The quantitative estimate of drug-likeness (QED) is 0.682. The number of amides is 1. The molecule has 0 atom stereocenters. The van der Waals surface area contributed by atoms with E-state index in [-0.39, 0.29) is 5.91 Å². The Labute approximate surface area is 90.2 Å². The van der Waals surface area contributed by atoms with E-state index >= 15 is 0 Å². The Morgan fingerprint density at radius 3 is 1.94 bits per heavy atom. The van der Waals surface area contributed by atoms with Crippen molar-refractivity contribution in [2.45, 2.75) is 19.1 Å². The molecule has 1 aliphatic heterocycles. The summed E-state index contributed by atoms with van der Waals surface area (Å²) in [5.41, 5.74) is 0. The molecule has 2 N–H and O–H groups in total. The SMILES string of the molecule is CNC1CN(C(C)=O)C1.O=C(O)C(F)(F)F.